The zero-order valence-electron chi connectivity index (χ0n) is 14.6. The maximum Gasteiger partial charge on any atom is 0.0456 e. The second kappa shape index (κ2) is 7.85. The lowest BCUT2D eigenvalue weighted by atomic mass is 10.1. The van der Waals surface area contributed by atoms with Crippen molar-refractivity contribution < 1.29 is 0 Å². The minimum atomic E-state index is 0.855. The van der Waals surface area contributed by atoms with Crippen LogP contribution in [0.5, 0.6) is 0 Å². The molecular weight excluding hydrogens is 320 g/mol. The zero-order valence-corrected chi connectivity index (χ0v) is 14.6. The fourth-order valence-corrected chi connectivity index (χ4v) is 3.16. The van der Waals surface area contributed by atoms with Crippen LogP contribution in [0.25, 0.3) is 10.9 Å². The molecule has 0 saturated carbocycles. The van der Waals surface area contributed by atoms with E-state index in [4.69, 9.17) is 0 Å². The number of benzene rings is 2. The van der Waals surface area contributed by atoms with Crippen LogP contribution in [-0.4, -0.2) is 16.5 Å². The molecule has 130 valence electrons. The molecule has 0 atom stereocenters. The predicted molar refractivity (Wildman–Crippen MR) is 108 cm³/mol. The minimum Gasteiger partial charge on any atom is -0.361 e. The van der Waals surface area contributed by atoms with E-state index < -0.39 is 0 Å². The topological polar surface area (TPSA) is 52.7 Å². The number of rotatable bonds is 7. The van der Waals surface area contributed by atoms with Crippen LogP contribution in [0.4, 0.5) is 11.4 Å². The van der Waals surface area contributed by atoms with Gasteiger partial charge in [0.05, 0.1) is 0 Å². The minimum absolute atomic E-state index is 0.855. The lowest BCUT2D eigenvalue weighted by molar-refractivity contribution is 0.688. The Hall–Kier alpha value is -3.11. The Bertz CT molecular complexity index is 976. The van der Waals surface area contributed by atoms with E-state index in [0.717, 1.165) is 30.9 Å². The van der Waals surface area contributed by atoms with Crippen molar-refractivity contribution >= 4 is 22.3 Å². The van der Waals surface area contributed by atoms with Crippen LogP contribution in [0.2, 0.25) is 0 Å². The lowest BCUT2D eigenvalue weighted by Gasteiger charge is -2.09. The number of pyridine rings is 1. The first-order valence-electron chi connectivity index (χ1n) is 8.90. The highest BCUT2D eigenvalue weighted by atomic mass is 14.9. The van der Waals surface area contributed by atoms with Crippen molar-refractivity contribution in [3.05, 3.63) is 90.4 Å². The molecule has 4 aromatic rings. The summed E-state index contributed by atoms with van der Waals surface area (Å²) in [6, 6.07) is 20.9. The van der Waals surface area contributed by atoms with Crippen LogP contribution >= 0.6 is 0 Å². The number of hydrogen-bond donors (Lipinski definition) is 3. The van der Waals surface area contributed by atoms with E-state index >= 15 is 0 Å². The van der Waals surface area contributed by atoms with E-state index in [9.17, 15) is 0 Å². The average Bonchev–Trinajstić information content (AvgIpc) is 3.10. The first-order chi connectivity index (χ1) is 12.9. The van der Waals surface area contributed by atoms with Crippen molar-refractivity contribution in [2.45, 2.75) is 13.0 Å². The van der Waals surface area contributed by atoms with Crippen LogP contribution in [-0.2, 0) is 13.0 Å². The van der Waals surface area contributed by atoms with Gasteiger partial charge in [0.15, 0.2) is 0 Å². The molecule has 2 heterocycles. The molecule has 0 aliphatic heterocycles. The molecule has 0 radical (unpaired) electrons. The molecule has 4 heteroatoms. The van der Waals surface area contributed by atoms with E-state index in [-0.39, 0.29) is 0 Å². The van der Waals surface area contributed by atoms with Gasteiger partial charge < -0.3 is 15.6 Å². The van der Waals surface area contributed by atoms with Crippen LogP contribution in [0.3, 0.4) is 0 Å². The number of aromatic amines is 1. The Morgan fingerprint density at radius 2 is 1.77 bits per heavy atom. The number of hydrogen-bond acceptors (Lipinski definition) is 3. The third-order valence-corrected chi connectivity index (χ3v) is 4.47. The SMILES string of the molecule is c1cc(CNCCc2c[nH]c3ccccc23)cc(Nc2ccncc2)c1. The number of fused-ring (bicyclic) bond motifs is 1. The number of nitrogens with zero attached hydrogens (tertiary/aromatic N) is 1. The second-order valence-electron chi connectivity index (χ2n) is 6.35. The summed E-state index contributed by atoms with van der Waals surface area (Å²) in [6.45, 7) is 1.80. The summed E-state index contributed by atoms with van der Waals surface area (Å²) >= 11 is 0. The molecule has 0 aliphatic carbocycles. The van der Waals surface area contributed by atoms with E-state index in [0.29, 0.717) is 0 Å². The third-order valence-electron chi connectivity index (χ3n) is 4.47. The largest absolute Gasteiger partial charge is 0.361 e. The molecule has 3 N–H and O–H groups in total. The summed E-state index contributed by atoms with van der Waals surface area (Å²) in [4.78, 5) is 7.38. The van der Waals surface area contributed by atoms with Crippen LogP contribution in [0.15, 0.2) is 79.3 Å². The average molecular weight is 342 g/mol. The Morgan fingerprint density at radius 3 is 2.69 bits per heavy atom. The monoisotopic (exact) mass is 342 g/mol. The molecule has 4 nitrogen and oxygen atoms in total. The number of H-pyrrole nitrogens is 1. The Morgan fingerprint density at radius 1 is 0.885 bits per heavy atom. The van der Waals surface area contributed by atoms with Crippen molar-refractivity contribution in [2.24, 2.45) is 0 Å². The summed E-state index contributed by atoms with van der Waals surface area (Å²) in [5.74, 6) is 0. The maximum absolute atomic E-state index is 4.04. The Balaban J connectivity index is 1.31. The zero-order chi connectivity index (χ0) is 17.6. The number of para-hydroxylation sites is 1. The number of nitrogens with one attached hydrogen (secondary N) is 3. The first kappa shape index (κ1) is 16.4. The van der Waals surface area contributed by atoms with Gasteiger partial charge in [0.1, 0.15) is 0 Å². The summed E-state index contributed by atoms with van der Waals surface area (Å²) in [7, 11) is 0. The van der Waals surface area contributed by atoms with Gasteiger partial charge in [-0.25, -0.2) is 0 Å². The molecule has 2 aromatic carbocycles. The third kappa shape index (κ3) is 3.92. The molecule has 4 rings (SSSR count). The number of aromatic nitrogens is 2. The van der Waals surface area contributed by atoms with Crippen molar-refractivity contribution in [2.75, 3.05) is 11.9 Å². The van der Waals surface area contributed by atoms with Gasteiger partial charge in [0.25, 0.3) is 0 Å². The molecule has 2 aromatic heterocycles. The molecule has 0 bridgehead atoms. The molecule has 0 spiro atoms. The second-order valence-corrected chi connectivity index (χ2v) is 6.35. The summed E-state index contributed by atoms with van der Waals surface area (Å²) in [5, 5.41) is 8.27. The molecule has 0 amide bonds. The lowest BCUT2D eigenvalue weighted by Crippen LogP contribution is -2.16. The van der Waals surface area contributed by atoms with Gasteiger partial charge in [-0.3, -0.25) is 4.98 Å². The van der Waals surface area contributed by atoms with E-state index in [1.165, 1.54) is 22.0 Å². The van der Waals surface area contributed by atoms with Crippen molar-refractivity contribution in [1.29, 1.82) is 0 Å². The predicted octanol–water partition coefficient (Wildman–Crippen LogP) is 4.64. The quantitative estimate of drug-likeness (QED) is 0.429. The van der Waals surface area contributed by atoms with Crippen LogP contribution in [0, 0.1) is 0 Å². The van der Waals surface area contributed by atoms with Crippen molar-refractivity contribution in [3.63, 3.8) is 0 Å². The van der Waals surface area contributed by atoms with Gasteiger partial charge >= 0.3 is 0 Å². The van der Waals surface area contributed by atoms with Crippen LogP contribution in [0.1, 0.15) is 11.1 Å². The van der Waals surface area contributed by atoms with Gasteiger partial charge in [-0.05, 0) is 54.4 Å². The van der Waals surface area contributed by atoms with Crippen molar-refractivity contribution in [1.82, 2.24) is 15.3 Å². The van der Waals surface area contributed by atoms with Gasteiger partial charge in [0, 0.05) is 47.4 Å². The van der Waals surface area contributed by atoms with Gasteiger partial charge in [-0.1, -0.05) is 30.3 Å². The highest BCUT2D eigenvalue weighted by Gasteiger charge is 2.02. The van der Waals surface area contributed by atoms with E-state index in [1.54, 1.807) is 12.4 Å². The fourth-order valence-electron chi connectivity index (χ4n) is 3.16. The highest BCUT2D eigenvalue weighted by molar-refractivity contribution is 5.83. The molecule has 26 heavy (non-hydrogen) atoms. The molecule has 0 saturated heterocycles. The standard InChI is InChI=1S/C22H22N4/c1-2-7-22-21(6-1)18(16-25-22)8-11-24-15-17-4-3-5-20(14-17)26-19-9-12-23-13-10-19/h1-7,9-10,12-14,16,24-25H,8,11,15H2,(H,23,26). The Labute approximate surface area is 153 Å². The first-order valence-corrected chi connectivity index (χ1v) is 8.90. The van der Waals surface area contributed by atoms with E-state index in [2.05, 4.69) is 75.3 Å². The van der Waals surface area contributed by atoms with E-state index in [1.807, 2.05) is 12.1 Å². The summed E-state index contributed by atoms with van der Waals surface area (Å²) in [5.41, 5.74) is 5.97. The normalized spacial score (nSPS) is 10.9. The Kier molecular flexibility index (Phi) is 4.94. The smallest absolute Gasteiger partial charge is 0.0456 e. The molecule has 0 unspecified atom stereocenters. The molecule has 0 fully saturated rings. The van der Waals surface area contributed by atoms with Gasteiger partial charge in [-0.2, -0.15) is 0 Å². The maximum atomic E-state index is 4.04. The van der Waals surface area contributed by atoms with Crippen molar-refractivity contribution in [3.8, 4) is 0 Å². The fraction of sp³-hybridized carbons (Fsp3) is 0.136. The summed E-state index contributed by atoms with van der Waals surface area (Å²) in [6.07, 6.45) is 6.71. The van der Waals surface area contributed by atoms with Crippen LogP contribution < -0.4 is 10.6 Å². The van der Waals surface area contributed by atoms with Gasteiger partial charge in [0.2, 0.25) is 0 Å². The van der Waals surface area contributed by atoms with Gasteiger partial charge in [-0.15, -0.1) is 0 Å². The molecular formula is C22H22N4. The number of anilines is 2. The highest BCUT2D eigenvalue weighted by Crippen LogP contribution is 2.18. The summed E-state index contributed by atoms with van der Waals surface area (Å²) < 4.78 is 0. The molecule has 0 aliphatic rings.